The van der Waals surface area contributed by atoms with E-state index >= 15 is 0 Å². The maximum Gasteiger partial charge on any atom is 0.145 e. The third kappa shape index (κ3) is 3.27. The largest absolute Gasteiger partial charge is 0.497 e. The first-order valence-corrected chi connectivity index (χ1v) is 13.0. The van der Waals surface area contributed by atoms with Gasteiger partial charge in [-0.1, -0.05) is 66.2 Å². The smallest absolute Gasteiger partial charge is 0.145 e. The van der Waals surface area contributed by atoms with Gasteiger partial charge < -0.3 is 4.74 Å². The minimum Gasteiger partial charge on any atom is -0.497 e. The summed E-state index contributed by atoms with van der Waals surface area (Å²) in [5.41, 5.74) is 9.83. The minimum absolute atomic E-state index is 0.0207. The molecule has 1 aromatic heterocycles. The van der Waals surface area contributed by atoms with Crippen LogP contribution in [0.4, 0.5) is 0 Å². The van der Waals surface area contributed by atoms with E-state index in [4.69, 9.17) is 9.72 Å². The van der Waals surface area contributed by atoms with Crippen LogP contribution in [0.15, 0.2) is 89.4 Å². The lowest BCUT2D eigenvalue weighted by molar-refractivity contribution is 0.415. The molecule has 1 aliphatic rings. The topological polar surface area (TPSA) is 27.1 Å². The van der Waals surface area contributed by atoms with Crippen LogP contribution in [0.5, 0.6) is 5.75 Å². The van der Waals surface area contributed by atoms with Crippen molar-refractivity contribution in [1.29, 1.82) is 0 Å². The van der Waals surface area contributed by atoms with Crippen LogP contribution in [0.1, 0.15) is 37.8 Å². The third-order valence-electron chi connectivity index (χ3n) is 7.68. The fraction of sp³-hybridized carbons (Fsp3) is 0.194. The van der Waals surface area contributed by atoms with Crippen LogP contribution < -0.4 is 4.74 Å². The van der Waals surface area contributed by atoms with Crippen LogP contribution in [0.2, 0.25) is 0 Å². The number of aromatic nitrogens is 2. The Morgan fingerprint density at radius 3 is 2.23 bits per heavy atom. The second kappa shape index (κ2) is 8.39. The van der Waals surface area contributed by atoms with E-state index in [-0.39, 0.29) is 5.41 Å². The zero-order valence-corrected chi connectivity index (χ0v) is 21.8. The van der Waals surface area contributed by atoms with Crippen molar-refractivity contribution in [2.24, 2.45) is 0 Å². The second-order valence-electron chi connectivity index (χ2n) is 9.20. The van der Waals surface area contributed by atoms with Crippen molar-refractivity contribution in [3.05, 3.63) is 101 Å². The predicted molar refractivity (Wildman–Crippen MR) is 148 cm³/mol. The van der Waals surface area contributed by atoms with Gasteiger partial charge in [-0.25, -0.2) is 4.98 Å². The summed E-state index contributed by atoms with van der Waals surface area (Å²) in [6.07, 6.45) is 2.13. The lowest BCUT2D eigenvalue weighted by atomic mass is 9.74. The summed E-state index contributed by atoms with van der Waals surface area (Å²) in [4.78, 5) is 5.20. The molecular formula is C31H27BrN2O. The van der Waals surface area contributed by atoms with Crippen LogP contribution >= 0.6 is 15.9 Å². The van der Waals surface area contributed by atoms with Crippen molar-refractivity contribution >= 4 is 27.0 Å². The molecule has 174 valence electrons. The molecule has 0 saturated heterocycles. The van der Waals surface area contributed by atoms with E-state index < -0.39 is 0 Å². The van der Waals surface area contributed by atoms with Crippen molar-refractivity contribution in [2.45, 2.75) is 32.1 Å². The summed E-state index contributed by atoms with van der Waals surface area (Å²) in [6.45, 7) is 4.63. The molecule has 4 aromatic carbocycles. The predicted octanol–water partition coefficient (Wildman–Crippen LogP) is 8.55. The Balaban J connectivity index is 1.68. The number of nitrogens with zero attached hydrogens (tertiary/aromatic N) is 2. The lowest BCUT2D eigenvalue weighted by Gasteiger charge is -2.29. The SMILES string of the molecule is CCC1(CC)c2ccccc2-c2cc3nc(-c4ccc(Br)cc4)n(-c4ccc(OC)cc4)c3cc21. The number of ether oxygens (including phenoxy) is 1. The number of benzene rings is 4. The highest BCUT2D eigenvalue weighted by Gasteiger charge is 2.41. The molecule has 1 heterocycles. The number of hydrogen-bond acceptors (Lipinski definition) is 2. The quantitative estimate of drug-likeness (QED) is 0.231. The first-order valence-electron chi connectivity index (χ1n) is 12.2. The summed E-state index contributed by atoms with van der Waals surface area (Å²) in [6, 6.07) is 30.2. The van der Waals surface area contributed by atoms with Gasteiger partial charge in [0.15, 0.2) is 0 Å². The Kier molecular flexibility index (Phi) is 5.30. The first kappa shape index (κ1) is 22.1. The van der Waals surface area contributed by atoms with E-state index in [1.807, 2.05) is 12.1 Å². The van der Waals surface area contributed by atoms with Gasteiger partial charge in [-0.2, -0.15) is 0 Å². The summed E-state index contributed by atoms with van der Waals surface area (Å²) in [7, 11) is 1.70. The van der Waals surface area contributed by atoms with E-state index in [1.165, 1.54) is 22.3 Å². The fourth-order valence-electron chi connectivity index (χ4n) is 5.82. The maximum atomic E-state index is 5.42. The minimum atomic E-state index is 0.0207. The average molecular weight is 523 g/mol. The van der Waals surface area contributed by atoms with Gasteiger partial charge in [-0.15, -0.1) is 0 Å². The van der Waals surface area contributed by atoms with Gasteiger partial charge >= 0.3 is 0 Å². The maximum absolute atomic E-state index is 5.42. The van der Waals surface area contributed by atoms with Crippen LogP contribution in [-0.2, 0) is 5.41 Å². The van der Waals surface area contributed by atoms with Gasteiger partial charge in [0.2, 0.25) is 0 Å². The molecule has 0 N–H and O–H groups in total. The molecular weight excluding hydrogens is 496 g/mol. The van der Waals surface area contributed by atoms with Crippen molar-refractivity contribution in [3.63, 3.8) is 0 Å². The molecule has 0 radical (unpaired) electrons. The number of halogens is 1. The van der Waals surface area contributed by atoms with Gasteiger partial charge in [-0.3, -0.25) is 4.57 Å². The summed E-state index contributed by atoms with van der Waals surface area (Å²) < 4.78 is 8.77. The van der Waals surface area contributed by atoms with Gasteiger partial charge in [-0.05, 0) is 83.6 Å². The van der Waals surface area contributed by atoms with Crippen molar-refractivity contribution < 1.29 is 4.74 Å². The molecule has 0 bridgehead atoms. The highest BCUT2D eigenvalue weighted by atomic mass is 79.9. The van der Waals surface area contributed by atoms with Gasteiger partial charge in [0.05, 0.1) is 18.1 Å². The van der Waals surface area contributed by atoms with Crippen LogP contribution in [0.25, 0.3) is 39.2 Å². The van der Waals surface area contributed by atoms with E-state index in [9.17, 15) is 0 Å². The molecule has 0 unspecified atom stereocenters. The molecule has 35 heavy (non-hydrogen) atoms. The Hall–Kier alpha value is -3.37. The second-order valence-corrected chi connectivity index (χ2v) is 10.1. The van der Waals surface area contributed by atoms with Crippen molar-refractivity contribution in [1.82, 2.24) is 9.55 Å². The molecule has 6 rings (SSSR count). The van der Waals surface area contributed by atoms with Crippen LogP contribution in [0, 0.1) is 0 Å². The van der Waals surface area contributed by atoms with Gasteiger partial charge in [0.25, 0.3) is 0 Å². The molecule has 0 amide bonds. The van der Waals surface area contributed by atoms with Crippen molar-refractivity contribution in [2.75, 3.05) is 7.11 Å². The zero-order valence-electron chi connectivity index (χ0n) is 20.2. The zero-order chi connectivity index (χ0) is 24.2. The number of rotatable bonds is 5. The average Bonchev–Trinajstić information content (AvgIpc) is 3.41. The van der Waals surface area contributed by atoms with E-state index in [2.05, 4.69) is 107 Å². The van der Waals surface area contributed by atoms with E-state index in [0.717, 1.165) is 51.2 Å². The molecule has 5 aromatic rings. The normalized spacial score (nSPS) is 13.6. The number of hydrogen-bond donors (Lipinski definition) is 0. The van der Waals surface area contributed by atoms with Crippen LogP contribution in [0.3, 0.4) is 0 Å². The highest BCUT2D eigenvalue weighted by Crippen LogP contribution is 2.53. The molecule has 1 aliphatic carbocycles. The molecule has 0 fully saturated rings. The number of fused-ring (bicyclic) bond motifs is 4. The lowest BCUT2D eigenvalue weighted by Crippen LogP contribution is -2.23. The Labute approximate surface area is 214 Å². The Morgan fingerprint density at radius 1 is 0.829 bits per heavy atom. The number of methoxy groups -OCH3 is 1. The molecule has 0 saturated carbocycles. The van der Waals surface area contributed by atoms with E-state index in [0.29, 0.717) is 0 Å². The standard InChI is InChI=1S/C31H27BrN2O/c1-4-31(5-2)26-9-7-6-8-24(26)25-18-28-29(19-27(25)31)34(22-14-16-23(35-3)17-15-22)30(33-28)20-10-12-21(32)13-11-20/h6-19H,4-5H2,1-3H3. The van der Waals surface area contributed by atoms with Gasteiger partial charge in [0, 0.05) is 21.1 Å². The summed E-state index contributed by atoms with van der Waals surface area (Å²) >= 11 is 3.57. The highest BCUT2D eigenvalue weighted by molar-refractivity contribution is 9.10. The molecule has 0 aliphatic heterocycles. The number of imidazole rings is 1. The van der Waals surface area contributed by atoms with Crippen molar-refractivity contribution in [3.8, 4) is 34.0 Å². The summed E-state index contributed by atoms with van der Waals surface area (Å²) in [5, 5.41) is 0. The Morgan fingerprint density at radius 2 is 1.54 bits per heavy atom. The summed E-state index contributed by atoms with van der Waals surface area (Å²) in [5.74, 6) is 1.78. The Bertz CT molecular complexity index is 1540. The molecule has 0 spiro atoms. The first-order chi connectivity index (χ1) is 17.1. The monoisotopic (exact) mass is 522 g/mol. The molecule has 3 nitrogen and oxygen atoms in total. The third-order valence-corrected chi connectivity index (χ3v) is 8.21. The van der Waals surface area contributed by atoms with Crippen LogP contribution in [-0.4, -0.2) is 16.7 Å². The van der Waals surface area contributed by atoms with E-state index in [1.54, 1.807) is 7.11 Å². The van der Waals surface area contributed by atoms with Gasteiger partial charge in [0.1, 0.15) is 11.6 Å². The molecule has 0 atom stereocenters. The fourth-order valence-corrected chi connectivity index (χ4v) is 6.08. The molecule has 4 heteroatoms.